The lowest BCUT2D eigenvalue weighted by Crippen LogP contribution is -2.52. The van der Waals surface area contributed by atoms with Crippen LogP contribution in [0.4, 0.5) is 5.69 Å². The van der Waals surface area contributed by atoms with Crippen LogP contribution in [0.5, 0.6) is 0 Å². The normalized spacial score (nSPS) is 12.8. The number of halogens is 2. The average Bonchev–Trinajstić information content (AvgIpc) is 2.94. The van der Waals surface area contributed by atoms with Crippen molar-refractivity contribution in [3.63, 3.8) is 0 Å². The highest BCUT2D eigenvalue weighted by Crippen LogP contribution is 2.25. The van der Waals surface area contributed by atoms with Crippen molar-refractivity contribution >= 4 is 50.7 Å². The molecule has 0 saturated heterocycles. The molecule has 3 rings (SSSR count). The van der Waals surface area contributed by atoms with Crippen LogP contribution >= 0.6 is 23.2 Å². The summed E-state index contributed by atoms with van der Waals surface area (Å²) in [6.45, 7) is 6.04. The van der Waals surface area contributed by atoms with Crippen molar-refractivity contribution in [3.05, 3.63) is 99.5 Å². The fourth-order valence-electron chi connectivity index (χ4n) is 4.54. The second-order valence-corrected chi connectivity index (χ2v) is 13.3. The van der Waals surface area contributed by atoms with E-state index in [9.17, 15) is 18.0 Å². The molecule has 2 amide bonds. The van der Waals surface area contributed by atoms with Crippen LogP contribution in [0.1, 0.15) is 49.8 Å². The summed E-state index contributed by atoms with van der Waals surface area (Å²) >= 11 is 12.6. The molecule has 0 radical (unpaired) electrons. The van der Waals surface area contributed by atoms with Crippen molar-refractivity contribution in [1.29, 1.82) is 0 Å². The van der Waals surface area contributed by atoms with Gasteiger partial charge in [0, 0.05) is 42.0 Å². The largest absolute Gasteiger partial charge is 0.352 e. The summed E-state index contributed by atoms with van der Waals surface area (Å²) in [7, 11) is -3.58. The van der Waals surface area contributed by atoms with Gasteiger partial charge in [0.25, 0.3) is 0 Å². The quantitative estimate of drug-likeness (QED) is 0.223. The Bertz CT molecular complexity index is 1450. The predicted octanol–water partition coefficient (Wildman–Crippen LogP) is 6.40. The second kappa shape index (κ2) is 15.4. The summed E-state index contributed by atoms with van der Waals surface area (Å²) in [6.07, 6.45) is 2.49. The van der Waals surface area contributed by atoms with Gasteiger partial charge in [-0.25, -0.2) is 8.42 Å². The van der Waals surface area contributed by atoms with Crippen LogP contribution in [0.15, 0.2) is 72.8 Å². The van der Waals surface area contributed by atoms with Gasteiger partial charge in [0.15, 0.2) is 0 Å². The van der Waals surface area contributed by atoms with E-state index in [1.165, 1.54) is 4.31 Å². The van der Waals surface area contributed by atoms with Gasteiger partial charge in [-0.1, -0.05) is 84.2 Å². The van der Waals surface area contributed by atoms with Gasteiger partial charge in [-0.05, 0) is 62.1 Å². The van der Waals surface area contributed by atoms with E-state index >= 15 is 0 Å². The summed E-state index contributed by atoms with van der Waals surface area (Å²) in [6, 6.07) is 20.9. The Morgan fingerprint density at radius 1 is 0.976 bits per heavy atom. The standard InChI is InChI=1S/C32H39Cl2N3O4S/c1-5-24(3)35-32(39)30(20-25-10-7-6-8-11-25)36(22-26-15-16-27(33)21-29(26)34)31(38)12-9-19-37(42(4,40)41)28-17-13-23(2)14-18-28/h6-8,10-11,13-18,21,24,30H,5,9,12,19-20,22H2,1-4H3,(H,35,39)/t24-,30+/m0/s1. The zero-order valence-corrected chi connectivity index (χ0v) is 26.8. The molecule has 0 heterocycles. The summed E-state index contributed by atoms with van der Waals surface area (Å²) in [5, 5.41) is 3.90. The lowest BCUT2D eigenvalue weighted by Gasteiger charge is -2.33. The molecule has 0 aromatic heterocycles. The molecule has 10 heteroatoms. The fourth-order valence-corrected chi connectivity index (χ4v) is 5.98. The van der Waals surface area contributed by atoms with E-state index in [1.54, 1.807) is 35.2 Å². The van der Waals surface area contributed by atoms with Gasteiger partial charge in [-0.15, -0.1) is 0 Å². The Morgan fingerprint density at radius 2 is 1.64 bits per heavy atom. The molecule has 0 bridgehead atoms. The smallest absolute Gasteiger partial charge is 0.243 e. The Hall–Kier alpha value is -3.07. The van der Waals surface area contributed by atoms with Crippen molar-refractivity contribution in [1.82, 2.24) is 10.2 Å². The zero-order valence-electron chi connectivity index (χ0n) is 24.5. The summed E-state index contributed by atoms with van der Waals surface area (Å²) < 4.78 is 26.5. The molecule has 0 aliphatic heterocycles. The number of hydrogen-bond donors (Lipinski definition) is 1. The maximum Gasteiger partial charge on any atom is 0.243 e. The van der Waals surface area contributed by atoms with E-state index < -0.39 is 16.1 Å². The third-order valence-corrected chi connectivity index (χ3v) is 8.88. The van der Waals surface area contributed by atoms with Crippen LogP contribution in [0.2, 0.25) is 10.0 Å². The fraction of sp³-hybridized carbons (Fsp3) is 0.375. The molecule has 0 spiro atoms. The third kappa shape index (κ3) is 9.75. The van der Waals surface area contributed by atoms with Gasteiger partial charge in [0.05, 0.1) is 11.9 Å². The molecular formula is C32H39Cl2N3O4S. The van der Waals surface area contributed by atoms with Crippen LogP contribution in [-0.4, -0.2) is 50.0 Å². The number of rotatable bonds is 14. The van der Waals surface area contributed by atoms with Crippen molar-refractivity contribution in [2.24, 2.45) is 0 Å². The minimum absolute atomic E-state index is 0.0327. The summed E-state index contributed by atoms with van der Waals surface area (Å²) in [5.41, 5.74) is 3.11. The lowest BCUT2D eigenvalue weighted by atomic mass is 10.0. The van der Waals surface area contributed by atoms with Crippen LogP contribution in [0, 0.1) is 6.92 Å². The predicted molar refractivity (Wildman–Crippen MR) is 171 cm³/mol. The van der Waals surface area contributed by atoms with Crippen LogP contribution < -0.4 is 9.62 Å². The van der Waals surface area contributed by atoms with Gasteiger partial charge in [0.2, 0.25) is 21.8 Å². The lowest BCUT2D eigenvalue weighted by molar-refractivity contribution is -0.141. The van der Waals surface area contributed by atoms with E-state index in [0.717, 1.165) is 23.8 Å². The first-order valence-corrected chi connectivity index (χ1v) is 16.6. The van der Waals surface area contributed by atoms with Crippen molar-refractivity contribution in [3.8, 4) is 0 Å². The van der Waals surface area contributed by atoms with E-state index in [4.69, 9.17) is 23.2 Å². The van der Waals surface area contributed by atoms with Crippen LogP contribution in [0.25, 0.3) is 0 Å². The highest BCUT2D eigenvalue weighted by atomic mass is 35.5. The Kier molecular flexibility index (Phi) is 12.3. The number of sulfonamides is 1. The SMILES string of the molecule is CC[C@H](C)NC(=O)[C@@H](Cc1ccccc1)N(Cc1ccc(Cl)cc1Cl)C(=O)CCCN(c1ccc(C)cc1)S(C)(=O)=O. The highest BCUT2D eigenvalue weighted by Gasteiger charge is 2.31. The molecule has 0 saturated carbocycles. The third-order valence-electron chi connectivity index (χ3n) is 7.10. The summed E-state index contributed by atoms with van der Waals surface area (Å²) in [4.78, 5) is 29.2. The number of hydrogen-bond acceptors (Lipinski definition) is 4. The molecule has 0 aliphatic rings. The number of nitrogens with one attached hydrogen (secondary N) is 1. The number of benzene rings is 3. The first-order chi connectivity index (χ1) is 19.9. The molecule has 2 atom stereocenters. The Labute approximate surface area is 259 Å². The molecule has 3 aromatic carbocycles. The van der Waals surface area contributed by atoms with E-state index in [1.807, 2.05) is 63.2 Å². The molecule has 7 nitrogen and oxygen atoms in total. The average molecular weight is 633 g/mol. The molecule has 1 N–H and O–H groups in total. The van der Waals surface area contributed by atoms with Crippen molar-refractivity contribution in [2.75, 3.05) is 17.1 Å². The first kappa shape index (κ1) is 33.4. The number of nitrogens with zero attached hydrogens (tertiary/aromatic N) is 2. The van der Waals surface area contributed by atoms with Gasteiger partial charge in [0.1, 0.15) is 6.04 Å². The maximum atomic E-state index is 13.9. The van der Waals surface area contributed by atoms with Gasteiger partial charge < -0.3 is 10.2 Å². The molecule has 0 unspecified atom stereocenters. The maximum absolute atomic E-state index is 13.9. The second-order valence-electron chi connectivity index (χ2n) is 10.6. The first-order valence-electron chi connectivity index (χ1n) is 14.0. The van der Waals surface area contributed by atoms with E-state index in [0.29, 0.717) is 27.7 Å². The minimum atomic E-state index is -3.58. The molecule has 0 aliphatic carbocycles. The molecule has 0 fully saturated rings. The zero-order chi connectivity index (χ0) is 30.9. The van der Waals surface area contributed by atoms with Crippen LogP contribution in [0.3, 0.4) is 0 Å². The highest BCUT2D eigenvalue weighted by molar-refractivity contribution is 7.92. The summed E-state index contributed by atoms with van der Waals surface area (Å²) in [5.74, 6) is -0.539. The molecular weight excluding hydrogens is 593 g/mol. The number of amides is 2. The van der Waals surface area contributed by atoms with E-state index in [-0.39, 0.29) is 43.8 Å². The molecule has 226 valence electrons. The Balaban J connectivity index is 1.91. The number of aryl methyl sites for hydroxylation is 1. The minimum Gasteiger partial charge on any atom is -0.352 e. The van der Waals surface area contributed by atoms with E-state index in [2.05, 4.69) is 5.32 Å². The Morgan fingerprint density at radius 3 is 2.24 bits per heavy atom. The van der Waals surface area contributed by atoms with Crippen molar-refractivity contribution < 1.29 is 18.0 Å². The number of anilines is 1. The van der Waals surface area contributed by atoms with Gasteiger partial charge in [-0.2, -0.15) is 0 Å². The van der Waals surface area contributed by atoms with Crippen LogP contribution in [-0.2, 0) is 32.6 Å². The van der Waals surface area contributed by atoms with Gasteiger partial charge in [-0.3, -0.25) is 13.9 Å². The number of carbonyl (C=O) groups excluding carboxylic acids is 2. The molecule has 3 aromatic rings. The molecule has 42 heavy (non-hydrogen) atoms. The monoisotopic (exact) mass is 631 g/mol. The van der Waals surface area contributed by atoms with Gasteiger partial charge >= 0.3 is 0 Å². The topological polar surface area (TPSA) is 86.8 Å². The number of carbonyl (C=O) groups is 2. The van der Waals surface area contributed by atoms with Crippen molar-refractivity contribution in [2.45, 2.75) is 65.1 Å².